The minimum Gasteiger partial charge on any atom is -0.462 e. The summed E-state index contributed by atoms with van der Waals surface area (Å²) in [6, 6.07) is 4.98. The van der Waals surface area contributed by atoms with E-state index in [0.29, 0.717) is 17.3 Å². The van der Waals surface area contributed by atoms with Gasteiger partial charge < -0.3 is 10.5 Å². The zero-order valence-corrected chi connectivity index (χ0v) is 9.67. The summed E-state index contributed by atoms with van der Waals surface area (Å²) in [5.41, 5.74) is 6.32. The smallest absolute Gasteiger partial charge is 0.341 e. The third-order valence-electron chi connectivity index (χ3n) is 2.71. The van der Waals surface area contributed by atoms with Gasteiger partial charge in [0.05, 0.1) is 11.6 Å². The van der Waals surface area contributed by atoms with Gasteiger partial charge in [0, 0.05) is 5.69 Å². The van der Waals surface area contributed by atoms with Crippen LogP contribution in [0.2, 0.25) is 5.02 Å². The van der Waals surface area contributed by atoms with E-state index < -0.39 is 5.97 Å². The van der Waals surface area contributed by atoms with Gasteiger partial charge in [-0.25, -0.2) is 4.79 Å². The van der Waals surface area contributed by atoms with Crippen LogP contribution in [-0.2, 0) is 4.74 Å². The second-order valence-corrected chi connectivity index (χ2v) is 4.48. The van der Waals surface area contributed by atoms with E-state index in [1.54, 1.807) is 18.2 Å². The number of anilines is 1. The van der Waals surface area contributed by atoms with Gasteiger partial charge in [-0.05, 0) is 24.5 Å². The number of ether oxygens (including phenoxy) is 1. The summed E-state index contributed by atoms with van der Waals surface area (Å²) in [6.45, 7) is 0.453. The van der Waals surface area contributed by atoms with E-state index in [4.69, 9.17) is 22.1 Å². The molecule has 1 aromatic carbocycles. The molecule has 0 unspecified atom stereocenters. The van der Waals surface area contributed by atoms with Gasteiger partial charge in [0.15, 0.2) is 0 Å². The largest absolute Gasteiger partial charge is 0.462 e. The first-order valence-electron chi connectivity index (χ1n) is 5.39. The molecule has 1 aromatic rings. The lowest BCUT2D eigenvalue weighted by Gasteiger charge is -2.07. The molecule has 1 saturated carbocycles. The quantitative estimate of drug-likeness (QED) is 0.649. The van der Waals surface area contributed by atoms with Crippen LogP contribution in [0.1, 0.15) is 29.6 Å². The van der Waals surface area contributed by atoms with Gasteiger partial charge in [-0.2, -0.15) is 0 Å². The maximum absolute atomic E-state index is 11.7. The monoisotopic (exact) mass is 239 g/mol. The predicted octanol–water partition coefficient (Wildman–Crippen LogP) is 2.88. The highest BCUT2D eigenvalue weighted by Crippen LogP contribution is 2.32. The summed E-state index contributed by atoms with van der Waals surface area (Å²) in [5.74, 6) is 0.320. The molecule has 1 fully saturated rings. The normalized spacial score (nSPS) is 14.8. The number of rotatable bonds is 4. The Morgan fingerprint density at radius 2 is 2.25 bits per heavy atom. The Labute approximate surface area is 99.5 Å². The molecule has 4 heteroatoms. The molecule has 0 heterocycles. The number of nitrogen functional groups attached to an aromatic ring is 1. The van der Waals surface area contributed by atoms with E-state index in [0.717, 1.165) is 12.3 Å². The first-order chi connectivity index (χ1) is 7.68. The summed E-state index contributed by atoms with van der Waals surface area (Å²) >= 11 is 5.90. The van der Waals surface area contributed by atoms with E-state index in [9.17, 15) is 4.79 Å². The van der Waals surface area contributed by atoms with Crippen molar-refractivity contribution in [1.29, 1.82) is 0 Å². The van der Waals surface area contributed by atoms with E-state index in [1.807, 2.05) is 0 Å². The molecular formula is C12H14ClNO2. The number of carbonyl (C=O) groups is 1. The minimum absolute atomic E-state index is 0.278. The van der Waals surface area contributed by atoms with Crippen molar-refractivity contribution < 1.29 is 9.53 Å². The van der Waals surface area contributed by atoms with Crippen molar-refractivity contribution in [2.75, 3.05) is 12.3 Å². The topological polar surface area (TPSA) is 52.3 Å². The van der Waals surface area contributed by atoms with Crippen LogP contribution in [-0.4, -0.2) is 12.6 Å². The molecule has 16 heavy (non-hydrogen) atoms. The van der Waals surface area contributed by atoms with Crippen LogP contribution in [0.4, 0.5) is 5.69 Å². The zero-order chi connectivity index (χ0) is 11.5. The molecule has 1 aliphatic carbocycles. The number of nitrogens with two attached hydrogens (primary N) is 1. The maximum atomic E-state index is 11.7. The van der Waals surface area contributed by atoms with E-state index in [-0.39, 0.29) is 5.56 Å². The van der Waals surface area contributed by atoms with Gasteiger partial charge in [-0.3, -0.25) is 0 Å². The number of carbonyl (C=O) groups excluding carboxylic acids is 1. The summed E-state index contributed by atoms with van der Waals surface area (Å²) in [6.07, 6.45) is 3.45. The first kappa shape index (κ1) is 11.3. The van der Waals surface area contributed by atoms with Crippen LogP contribution in [0.15, 0.2) is 18.2 Å². The Bertz CT molecular complexity index is 382. The summed E-state index contributed by atoms with van der Waals surface area (Å²) in [5, 5.41) is 0.344. The minimum atomic E-state index is -0.427. The average Bonchev–Trinajstić information content (AvgIpc) is 3.01. The van der Waals surface area contributed by atoms with Crippen molar-refractivity contribution >= 4 is 23.3 Å². The zero-order valence-electron chi connectivity index (χ0n) is 8.91. The molecule has 0 saturated heterocycles. The van der Waals surface area contributed by atoms with Gasteiger partial charge in [0.1, 0.15) is 5.56 Å². The molecule has 2 rings (SSSR count). The van der Waals surface area contributed by atoms with E-state index in [1.165, 1.54) is 12.8 Å². The van der Waals surface area contributed by atoms with Crippen molar-refractivity contribution in [2.45, 2.75) is 19.3 Å². The molecule has 1 aliphatic rings. The Balaban J connectivity index is 1.96. The van der Waals surface area contributed by atoms with Crippen molar-refractivity contribution in [2.24, 2.45) is 5.92 Å². The van der Waals surface area contributed by atoms with Crippen molar-refractivity contribution in [3.8, 4) is 0 Å². The van der Waals surface area contributed by atoms with Crippen LogP contribution < -0.4 is 5.73 Å². The molecule has 0 radical (unpaired) electrons. The fourth-order valence-corrected chi connectivity index (χ4v) is 1.81. The van der Waals surface area contributed by atoms with Crippen LogP contribution in [0.5, 0.6) is 0 Å². The highest BCUT2D eigenvalue weighted by atomic mass is 35.5. The van der Waals surface area contributed by atoms with Crippen LogP contribution in [0.3, 0.4) is 0 Å². The van der Waals surface area contributed by atoms with Gasteiger partial charge >= 0.3 is 5.97 Å². The highest BCUT2D eigenvalue weighted by molar-refractivity contribution is 6.34. The summed E-state index contributed by atoms with van der Waals surface area (Å²) < 4.78 is 5.14. The third kappa shape index (κ3) is 2.67. The lowest BCUT2D eigenvalue weighted by Crippen LogP contribution is -2.10. The predicted molar refractivity (Wildman–Crippen MR) is 63.5 cm³/mol. The van der Waals surface area contributed by atoms with Gasteiger partial charge in [0.25, 0.3) is 0 Å². The number of benzene rings is 1. The first-order valence-corrected chi connectivity index (χ1v) is 5.77. The van der Waals surface area contributed by atoms with Crippen LogP contribution in [0, 0.1) is 5.92 Å². The third-order valence-corrected chi connectivity index (χ3v) is 3.02. The van der Waals surface area contributed by atoms with Crippen molar-refractivity contribution in [1.82, 2.24) is 0 Å². The molecule has 2 N–H and O–H groups in total. The molecule has 0 amide bonds. The summed E-state index contributed by atoms with van der Waals surface area (Å²) in [4.78, 5) is 11.7. The van der Waals surface area contributed by atoms with E-state index in [2.05, 4.69) is 0 Å². The maximum Gasteiger partial charge on any atom is 0.341 e. The van der Waals surface area contributed by atoms with Crippen LogP contribution >= 0.6 is 11.6 Å². The molecule has 0 atom stereocenters. The lowest BCUT2D eigenvalue weighted by atomic mass is 10.2. The van der Waals surface area contributed by atoms with E-state index >= 15 is 0 Å². The number of halogens is 1. The lowest BCUT2D eigenvalue weighted by molar-refractivity contribution is 0.0496. The van der Waals surface area contributed by atoms with Gasteiger partial charge in [0.2, 0.25) is 0 Å². The van der Waals surface area contributed by atoms with Gasteiger partial charge in [-0.15, -0.1) is 0 Å². The van der Waals surface area contributed by atoms with Gasteiger partial charge in [-0.1, -0.05) is 30.5 Å². The molecule has 0 bridgehead atoms. The molecular weight excluding hydrogens is 226 g/mol. The Kier molecular flexibility index (Phi) is 3.34. The van der Waals surface area contributed by atoms with Crippen molar-refractivity contribution in [3.05, 3.63) is 28.8 Å². The Morgan fingerprint density at radius 3 is 2.88 bits per heavy atom. The fourth-order valence-electron chi connectivity index (χ4n) is 1.55. The molecule has 86 valence electrons. The fraction of sp³-hybridized carbons (Fsp3) is 0.417. The second-order valence-electron chi connectivity index (χ2n) is 4.07. The SMILES string of the molecule is Nc1cccc(Cl)c1C(=O)OCCC1CC1. The average molecular weight is 240 g/mol. The molecule has 0 aliphatic heterocycles. The molecule has 0 spiro atoms. The summed E-state index contributed by atoms with van der Waals surface area (Å²) in [7, 11) is 0. The van der Waals surface area contributed by atoms with Crippen molar-refractivity contribution in [3.63, 3.8) is 0 Å². The highest BCUT2D eigenvalue weighted by Gasteiger charge is 2.22. The Morgan fingerprint density at radius 1 is 1.50 bits per heavy atom. The molecule has 3 nitrogen and oxygen atoms in total. The standard InChI is InChI=1S/C12H14ClNO2/c13-9-2-1-3-10(14)11(9)12(15)16-7-6-8-4-5-8/h1-3,8H,4-7,14H2. The second kappa shape index (κ2) is 4.74. The number of hydrogen-bond donors (Lipinski definition) is 1. The van der Waals surface area contributed by atoms with Crippen LogP contribution in [0.25, 0.3) is 0 Å². The molecule has 0 aromatic heterocycles. The Hall–Kier alpha value is -1.22. The number of esters is 1. The number of hydrogen-bond acceptors (Lipinski definition) is 3.